The van der Waals surface area contributed by atoms with Crippen molar-refractivity contribution in [3.05, 3.63) is 62.2 Å². The van der Waals surface area contributed by atoms with Crippen molar-refractivity contribution in [2.24, 2.45) is 0 Å². The van der Waals surface area contributed by atoms with Crippen LogP contribution in [0.1, 0.15) is 16.8 Å². The lowest BCUT2D eigenvalue weighted by Gasteiger charge is -2.10. The summed E-state index contributed by atoms with van der Waals surface area (Å²) in [5.41, 5.74) is 1.95. The molecule has 2 aromatic rings. The molecule has 0 unspecified atom stereocenters. The Labute approximate surface area is 124 Å². The van der Waals surface area contributed by atoms with E-state index < -0.39 is 5.97 Å². The highest BCUT2D eigenvalue weighted by atomic mass is 79.9. The summed E-state index contributed by atoms with van der Waals surface area (Å²) >= 11 is 3.21. The average molecular weight is 337 g/mol. The van der Waals surface area contributed by atoms with Gasteiger partial charge < -0.3 is 5.11 Å². The molecule has 0 aliphatic rings. The minimum absolute atomic E-state index is 0.0641. The maximum atomic E-state index is 12.1. The van der Waals surface area contributed by atoms with Crippen molar-refractivity contribution < 1.29 is 9.90 Å². The van der Waals surface area contributed by atoms with Gasteiger partial charge >= 0.3 is 5.97 Å². The Kier molecular flexibility index (Phi) is 4.34. The molecule has 1 heterocycles. The highest BCUT2D eigenvalue weighted by Crippen LogP contribution is 2.12. The molecule has 0 aliphatic carbocycles. The normalized spacial score (nSPS) is 10.5. The van der Waals surface area contributed by atoms with Crippen molar-refractivity contribution in [3.8, 4) is 0 Å². The number of halogens is 1. The minimum atomic E-state index is -0.895. The zero-order chi connectivity index (χ0) is 14.7. The Balaban J connectivity index is 2.38. The van der Waals surface area contributed by atoms with Crippen LogP contribution in [0.25, 0.3) is 0 Å². The number of aryl methyl sites for hydroxylation is 1. The summed E-state index contributed by atoms with van der Waals surface area (Å²) < 4.78 is 1.88. The van der Waals surface area contributed by atoms with E-state index >= 15 is 0 Å². The monoisotopic (exact) mass is 336 g/mol. The van der Waals surface area contributed by atoms with Crippen LogP contribution in [0.3, 0.4) is 0 Å². The first kappa shape index (κ1) is 14.5. The van der Waals surface area contributed by atoms with E-state index in [9.17, 15) is 9.59 Å². The molecule has 0 aliphatic heterocycles. The molecule has 1 aromatic carbocycles. The van der Waals surface area contributed by atoms with Crippen LogP contribution in [0.4, 0.5) is 0 Å². The molecule has 2 rings (SSSR count). The number of hydrogen-bond donors (Lipinski definition) is 1. The summed E-state index contributed by atoms with van der Waals surface area (Å²) in [6.07, 6.45) is 1.41. The Morgan fingerprint density at radius 2 is 2.00 bits per heavy atom. The Bertz CT molecular complexity index is 710. The van der Waals surface area contributed by atoms with Gasteiger partial charge in [0.25, 0.3) is 5.56 Å². The fraction of sp³-hybridized carbons (Fsp3) is 0.214. The van der Waals surface area contributed by atoms with E-state index in [-0.39, 0.29) is 12.0 Å². The van der Waals surface area contributed by atoms with Crippen molar-refractivity contribution in [1.82, 2.24) is 9.55 Å². The van der Waals surface area contributed by atoms with Crippen LogP contribution >= 0.6 is 15.9 Å². The molecule has 0 spiro atoms. The summed E-state index contributed by atoms with van der Waals surface area (Å²) in [5, 5.41) is 8.90. The number of aliphatic carboxylic acids is 1. The van der Waals surface area contributed by atoms with Crippen molar-refractivity contribution in [3.63, 3.8) is 0 Å². The van der Waals surface area contributed by atoms with Crippen molar-refractivity contribution in [1.29, 1.82) is 0 Å². The standard InChI is InChI=1S/C14H13BrN2O3/c1-9-13(15)14(20)17(8-16-9)7-11-5-3-2-4-10(11)6-12(18)19/h2-5,8H,6-7H2,1H3,(H,18,19). The molecule has 104 valence electrons. The number of hydrogen-bond acceptors (Lipinski definition) is 3. The Hall–Kier alpha value is -1.95. The van der Waals surface area contributed by atoms with Crippen LogP contribution in [0.15, 0.2) is 39.9 Å². The number of nitrogens with zero attached hydrogens (tertiary/aromatic N) is 2. The number of carbonyl (C=O) groups is 1. The topological polar surface area (TPSA) is 72.2 Å². The molecule has 6 heteroatoms. The van der Waals surface area contributed by atoms with E-state index in [2.05, 4.69) is 20.9 Å². The van der Waals surface area contributed by atoms with Gasteiger partial charge in [-0.05, 0) is 34.0 Å². The predicted octanol–water partition coefficient (Wildman–Crippen LogP) is 1.99. The molecule has 1 N–H and O–H groups in total. The number of carboxylic acid groups (broad SMARTS) is 1. The van der Waals surface area contributed by atoms with Crippen LogP contribution < -0.4 is 5.56 Å². The first-order valence-electron chi connectivity index (χ1n) is 5.99. The van der Waals surface area contributed by atoms with Crippen molar-refractivity contribution >= 4 is 21.9 Å². The van der Waals surface area contributed by atoms with Gasteiger partial charge in [-0.15, -0.1) is 0 Å². The molecule has 0 saturated carbocycles. The van der Waals surface area contributed by atoms with Crippen LogP contribution in [0.5, 0.6) is 0 Å². The SMILES string of the molecule is Cc1ncn(Cc2ccccc2CC(=O)O)c(=O)c1Br. The molecule has 0 saturated heterocycles. The smallest absolute Gasteiger partial charge is 0.307 e. The zero-order valence-electron chi connectivity index (χ0n) is 10.8. The summed E-state index contributed by atoms with van der Waals surface area (Å²) in [6.45, 7) is 2.04. The van der Waals surface area contributed by atoms with Gasteiger partial charge in [-0.1, -0.05) is 24.3 Å². The summed E-state index contributed by atoms with van der Waals surface area (Å²) in [7, 11) is 0. The molecule has 1 aromatic heterocycles. The van der Waals surface area contributed by atoms with Crippen molar-refractivity contribution in [2.75, 3.05) is 0 Å². The molecule has 0 atom stereocenters. The summed E-state index contributed by atoms with van der Waals surface area (Å²) in [5.74, 6) is -0.895. The second-order valence-electron chi connectivity index (χ2n) is 4.42. The Morgan fingerprint density at radius 1 is 1.35 bits per heavy atom. The van der Waals surface area contributed by atoms with Gasteiger partial charge in [0, 0.05) is 0 Å². The number of rotatable bonds is 4. The average Bonchev–Trinajstić information content (AvgIpc) is 2.41. The molecule has 0 bridgehead atoms. The first-order chi connectivity index (χ1) is 9.49. The van der Waals surface area contributed by atoms with Crippen LogP contribution in [0.2, 0.25) is 0 Å². The van der Waals surface area contributed by atoms with Crippen LogP contribution in [-0.4, -0.2) is 20.6 Å². The summed E-state index contributed by atoms with van der Waals surface area (Å²) in [4.78, 5) is 27.1. The van der Waals surface area contributed by atoms with E-state index in [1.165, 1.54) is 10.9 Å². The van der Waals surface area contributed by atoms with Gasteiger partial charge in [0.1, 0.15) is 4.47 Å². The molecule has 5 nitrogen and oxygen atoms in total. The largest absolute Gasteiger partial charge is 0.481 e. The van der Waals surface area contributed by atoms with E-state index in [0.717, 1.165) is 5.56 Å². The third-order valence-electron chi connectivity index (χ3n) is 2.96. The highest BCUT2D eigenvalue weighted by molar-refractivity contribution is 9.10. The van der Waals surface area contributed by atoms with Gasteiger partial charge in [0.05, 0.1) is 25.0 Å². The van der Waals surface area contributed by atoms with Gasteiger partial charge in [0.15, 0.2) is 0 Å². The maximum Gasteiger partial charge on any atom is 0.307 e. The zero-order valence-corrected chi connectivity index (χ0v) is 12.4. The summed E-state index contributed by atoms with van der Waals surface area (Å²) in [6, 6.07) is 7.18. The highest BCUT2D eigenvalue weighted by Gasteiger charge is 2.10. The van der Waals surface area contributed by atoms with Gasteiger partial charge in [-0.2, -0.15) is 0 Å². The third kappa shape index (κ3) is 3.14. The fourth-order valence-corrected chi connectivity index (χ4v) is 2.22. The van der Waals surface area contributed by atoms with E-state index in [1.807, 2.05) is 12.1 Å². The molecular weight excluding hydrogens is 324 g/mol. The first-order valence-corrected chi connectivity index (χ1v) is 6.78. The minimum Gasteiger partial charge on any atom is -0.481 e. The van der Waals surface area contributed by atoms with Gasteiger partial charge in [-0.25, -0.2) is 4.98 Å². The third-order valence-corrected chi connectivity index (χ3v) is 3.87. The lowest BCUT2D eigenvalue weighted by molar-refractivity contribution is -0.136. The molecular formula is C14H13BrN2O3. The Morgan fingerprint density at radius 3 is 2.65 bits per heavy atom. The fourth-order valence-electron chi connectivity index (χ4n) is 1.89. The number of carboxylic acids is 1. The predicted molar refractivity (Wildman–Crippen MR) is 77.8 cm³/mol. The van der Waals surface area contributed by atoms with Gasteiger partial charge in [0.2, 0.25) is 0 Å². The van der Waals surface area contributed by atoms with Gasteiger partial charge in [-0.3, -0.25) is 14.2 Å². The lowest BCUT2D eigenvalue weighted by Crippen LogP contribution is -2.23. The maximum absolute atomic E-state index is 12.1. The van der Waals surface area contributed by atoms with Crippen LogP contribution in [0, 0.1) is 6.92 Å². The second kappa shape index (κ2) is 6.00. The van der Waals surface area contributed by atoms with E-state index in [0.29, 0.717) is 22.3 Å². The van der Waals surface area contributed by atoms with E-state index in [4.69, 9.17) is 5.11 Å². The molecule has 0 radical (unpaired) electrons. The molecule has 0 fully saturated rings. The second-order valence-corrected chi connectivity index (χ2v) is 5.21. The molecule has 20 heavy (non-hydrogen) atoms. The van der Waals surface area contributed by atoms with E-state index in [1.54, 1.807) is 19.1 Å². The quantitative estimate of drug-likeness (QED) is 0.926. The number of benzene rings is 1. The lowest BCUT2D eigenvalue weighted by atomic mass is 10.0. The van der Waals surface area contributed by atoms with Crippen molar-refractivity contribution in [2.45, 2.75) is 19.9 Å². The number of aromatic nitrogens is 2. The van der Waals surface area contributed by atoms with Crippen LogP contribution in [-0.2, 0) is 17.8 Å². The molecule has 0 amide bonds.